The topological polar surface area (TPSA) is 102 Å². The Labute approximate surface area is 197 Å². The molecule has 1 aliphatic heterocycles. The van der Waals surface area contributed by atoms with Crippen LogP contribution in [0, 0.1) is 6.92 Å². The van der Waals surface area contributed by atoms with E-state index in [1.54, 1.807) is 30.3 Å². The van der Waals surface area contributed by atoms with Crippen molar-refractivity contribution < 1.29 is 28.7 Å². The van der Waals surface area contributed by atoms with E-state index in [4.69, 9.17) is 4.74 Å². The standard InChI is InChI=1S/C22H19BrN2O6S/c1-13-5-3-4-6-16(13)24-19(26)11-25-21(28)18(32-22(25)29)10-14-9-15(23)7-8-17(14)31-12-20(27)30-2/h3-10H,11-12H2,1-2H3,(H,24,26)/b18-10+. The largest absolute Gasteiger partial charge is 0.481 e. The molecule has 0 aliphatic carbocycles. The van der Waals surface area contributed by atoms with Gasteiger partial charge in [0.2, 0.25) is 5.91 Å². The molecule has 0 bridgehead atoms. The second-order valence-electron chi connectivity index (χ2n) is 6.68. The van der Waals surface area contributed by atoms with Gasteiger partial charge in [0.05, 0.1) is 12.0 Å². The van der Waals surface area contributed by atoms with Crippen molar-refractivity contribution in [1.29, 1.82) is 0 Å². The Morgan fingerprint density at radius 1 is 1.19 bits per heavy atom. The summed E-state index contributed by atoms with van der Waals surface area (Å²) in [6.07, 6.45) is 1.49. The molecule has 1 N–H and O–H groups in total. The highest BCUT2D eigenvalue weighted by molar-refractivity contribution is 9.10. The van der Waals surface area contributed by atoms with Crippen molar-refractivity contribution in [2.45, 2.75) is 6.92 Å². The lowest BCUT2D eigenvalue weighted by Gasteiger charge is -2.13. The van der Waals surface area contributed by atoms with Crippen LogP contribution in [0.15, 0.2) is 51.8 Å². The highest BCUT2D eigenvalue weighted by Crippen LogP contribution is 2.35. The first-order valence-electron chi connectivity index (χ1n) is 9.38. The van der Waals surface area contributed by atoms with Crippen molar-refractivity contribution in [2.24, 2.45) is 0 Å². The molecule has 32 heavy (non-hydrogen) atoms. The maximum absolute atomic E-state index is 12.8. The molecule has 2 aromatic carbocycles. The number of imide groups is 1. The zero-order valence-electron chi connectivity index (χ0n) is 17.2. The molecule has 10 heteroatoms. The van der Waals surface area contributed by atoms with Crippen molar-refractivity contribution in [1.82, 2.24) is 4.90 Å². The summed E-state index contributed by atoms with van der Waals surface area (Å²) in [4.78, 5) is 50.0. The van der Waals surface area contributed by atoms with Crippen LogP contribution in [0.5, 0.6) is 5.75 Å². The number of esters is 1. The quantitative estimate of drug-likeness (QED) is 0.436. The number of amides is 3. The van der Waals surface area contributed by atoms with Gasteiger partial charge in [0.25, 0.3) is 11.1 Å². The van der Waals surface area contributed by atoms with Crippen LogP contribution < -0.4 is 10.1 Å². The Balaban J connectivity index is 1.75. The van der Waals surface area contributed by atoms with Crippen LogP contribution in [-0.4, -0.2) is 48.2 Å². The molecule has 3 amide bonds. The number of thioether (sulfide) groups is 1. The lowest BCUT2D eigenvalue weighted by molar-refractivity contribution is -0.142. The molecular formula is C22H19BrN2O6S. The minimum Gasteiger partial charge on any atom is -0.481 e. The van der Waals surface area contributed by atoms with Gasteiger partial charge in [-0.2, -0.15) is 0 Å². The van der Waals surface area contributed by atoms with Gasteiger partial charge in [-0.15, -0.1) is 0 Å². The fraction of sp³-hybridized carbons (Fsp3) is 0.182. The molecule has 0 spiro atoms. The molecule has 2 aromatic rings. The minimum absolute atomic E-state index is 0.139. The van der Waals surface area contributed by atoms with Crippen molar-refractivity contribution in [2.75, 3.05) is 25.6 Å². The van der Waals surface area contributed by atoms with E-state index in [2.05, 4.69) is 26.0 Å². The Morgan fingerprint density at radius 2 is 1.94 bits per heavy atom. The fourth-order valence-electron chi connectivity index (χ4n) is 2.78. The zero-order valence-corrected chi connectivity index (χ0v) is 19.6. The molecule has 0 unspecified atom stereocenters. The lowest BCUT2D eigenvalue weighted by Crippen LogP contribution is -2.36. The van der Waals surface area contributed by atoms with Gasteiger partial charge in [-0.05, 0) is 54.6 Å². The first kappa shape index (κ1) is 23.6. The van der Waals surface area contributed by atoms with Gasteiger partial charge in [0.1, 0.15) is 12.3 Å². The second kappa shape index (κ2) is 10.5. The Hall–Kier alpha value is -3.11. The van der Waals surface area contributed by atoms with E-state index in [1.165, 1.54) is 13.2 Å². The van der Waals surface area contributed by atoms with Crippen molar-refractivity contribution >= 4 is 62.5 Å². The Kier molecular flexibility index (Phi) is 7.70. The second-order valence-corrected chi connectivity index (χ2v) is 8.59. The molecule has 0 saturated carbocycles. The maximum Gasteiger partial charge on any atom is 0.343 e. The molecule has 0 atom stereocenters. The van der Waals surface area contributed by atoms with E-state index in [0.29, 0.717) is 21.5 Å². The summed E-state index contributed by atoms with van der Waals surface area (Å²) in [5.74, 6) is -1.28. The monoisotopic (exact) mass is 518 g/mol. The molecule has 166 valence electrons. The lowest BCUT2D eigenvalue weighted by atomic mass is 10.2. The summed E-state index contributed by atoms with van der Waals surface area (Å²) in [5, 5.41) is 2.16. The van der Waals surface area contributed by atoms with Crippen LogP contribution in [0.1, 0.15) is 11.1 Å². The number of nitrogens with one attached hydrogen (secondary N) is 1. The summed E-state index contributed by atoms with van der Waals surface area (Å²) in [6.45, 7) is 1.14. The van der Waals surface area contributed by atoms with Crippen LogP contribution in [0.25, 0.3) is 6.08 Å². The summed E-state index contributed by atoms with van der Waals surface area (Å²) in [6, 6.07) is 12.2. The van der Waals surface area contributed by atoms with E-state index < -0.39 is 29.6 Å². The molecular weight excluding hydrogens is 500 g/mol. The summed E-state index contributed by atoms with van der Waals surface area (Å²) < 4.78 is 10.7. The number of hydrogen-bond donors (Lipinski definition) is 1. The highest BCUT2D eigenvalue weighted by atomic mass is 79.9. The molecule has 0 radical (unpaired) electrons. The van der Waals surface area contributed by atoms with E-state index in [1.807, 2.05) is 19.1 Å². The first-order chi connectivity index (χ1) is 15.3. The summed E-state index contributed by atoms with van der Waals surface area (Å²) in [7, 11) is 1.25. The number of benzene rings is 2. The fourth-order valence-corrected chi connectivity index (χ4v) is 3.99. The molecule has 0 aromatic heterocycles. The number of rotatable bonds is 7. The number of para-hydroxylation sites is 1. The van der Waals surface area contributed by atoms with Crippen molar-refractivity contribution in [3.05, 3.63) is 63.0 Å². The normalized spacial score (nSPS) is 14.6. The van der Waals surface area contributed by atoms with Crippen LogP contribution in [0.4, 0.5) is 10.5 Å². The van der Waals surface area contributed by atoms with Crippen LogP contribution in [0.2, 0.25) is 0 Å². The number of halogens is 1. The number of nitrogens with zero attached hydrogens (tertiary/aromatic N) is 1. The number of methoxy groups -OCH3 is 1. The molecule has 1 saturated heterocycles. The third-order valence-corrected chi connectivity index (χ3v) is 5.83. The van der Waals surface area contributed by atoms with E-state index in [-0.39, 0.29) is 11.5 Å². The number of carbonyl (C=O) groups excluding carboxylic acids is 4. The predicted molar refractivity (Wildman–Crippen MR) is 124 cm³/mol. The Morgan fingerprint density at radius 3 is 2.66 bits per heavy atom. The van der Waals surface area contributed by atoms with Crippen molar-refractivity contribution in [3.8, 4) is 5.75 Å². The SMILES string of the molecule is COC(=O)COc1ccc(Br)cc1/C=C1/SC(=O)N(CC(=O)Nc2ccccc2C)C1=O. The predicted octanol–water partition coefficient (Wildman–Crippen LogP) is 3.98. The highest BCUT2D eigenvalue weighted by Gasteiger charge is 2.36. The van der Waals surface area contributed by atoms with Gasteiger partial charge in [-0.1, -0.05) is 34.1 Å². The summed E-state index contributed by atoms with van der Waals surface area (Å²) >= 11 is 4.08. The number of ether oxygens (including phenoxy) is 2. The van der Waals surface area contributed by atoms with Crippen LogP contribution >= 0.6 is 27.7 Å². The number of hydrogen-bond acceptors (Lipinski definition) is 7. The minimum atomic E-state index is -0.584. The van der Waals surface area contributed by atoms with Gasteiger partial charge in [0, 0.05) is 15.7 Å². The van der Waals surface area contributed by atoms with Gasteiger partial charge in [-0.25, -0.2) is 4.79 Å². The number of anilines is 1. The third-order valence-electron chi connectivity index (χ3n) is 4.43. The molecule has 3 rings (SSSR count). The van der Waals surface area contributed by atoms with Gasteiger partial charge < -0.3 is 14.8 Å². The third kappa shape index (κ3) is 5.77. The van der Waals surface area contributed by atoms with Gasteiger partial charge in [0.15, 0.2) is 6.61 Å². The summed E-state index contributed by atoms with van der Waals surface area (Å²) in [5.41, 5.74) is 1.96. The van der Waals surface area contributed by atoms with Gasteiger partial charge >= 0.3 is 5.97 Å². The zero-order chi connectivity index (χ0) is 23.3. The molecule has 1 fully saturated rings. The average molecular weight is 519 g/mol. The van der Waals surface area contributed by atoms with Crippen molar-refractivity contribution in [3.63, 3.8) is 0 Å². The molecule has 1 heterocycles. The van der Waals surface area contributed by atoms with Crippen LogP contribution in [-0.2, 0) is 19.1 Å². The van der Waals surface area contributed by atoms with E-state index >= 15 is 0 Å². The number of aryl methyl sites for hydroxylation is 1. The smallest absolute Gasteiger partial charge is 0.343 e. The van der Waals surface area contributed by atoms with E-state index in [9.17, 15) is 19.2 Å². The average Bonchev–Trinajstić information content (AvgIpc) is 3.02. The number of carbonyl (C=O) groups is 4. The molecule has 8 nitrogen and oxygen atoms in total. The van der Waals surface area contributed by atoms with E-state index in [0.717, 1.165) is 22.2 Å². The van der Waals surface area contributed by atoms with Crippen LogP contribution in [0.3, 0.4) is 0 Å². The first-order valence-corrected chi connectivity index (χ1v) is 11.0. The maximum atomic E-state index is 12.8. The van der Waals surface area contributed by atoms with Gasteiger partial charge in [-0.3, -0.25) is 19.3 Å². The molecule has 1 aliphatic rings. The Bertz CT molecular complexity index is 1120.